The summed E-state index contributed by atoms with van der Waals surface area (Å²) in [6, 6.07) is 1.50. The molecule has 0 saturated carbocycles. The van der Waals surface area contributed by atoms with E-state index in [0.717, 1.165) is 12.8 Å². The highest BCUT2D eigenvalue weighted by Crippen LogP contribution is 2.15. The average Bonchev–Trinajstić information content (AvgIpc) is 2.52. The predicted octanol–water partition coefficient (Wildman–Crippen LogP) is 0.0967. The van der Waals surface area contributed by atoms with Crippen LogP contribution in [0.4, 0.5) is 0 Å². The van der Waals surface area contributed by atoms with Crippen LogP contribution in [-0.4, -0.2) is 39.7 Å². The Hall–Kier alpha value is -1.46. The molecular formula is C14H19N3O3S. The van der Waals surface area contributed by atoms with Crippen LogP contribution >= 0.6 is 0 Å². The van der Waals surface area contributed by atoms with Gasteiger partial charge in [0.05, 0.1) is 6.54 Å². The standard InChI is InChI=1S/C14H19N3O3S/c15-5-1-2-13-8-14(11-16-9-13)21(18,19)17-10-12-3-6-20-7-4-12/h8-9,11-12,17H,3-7,10,15H2. The second kappa shape index (κ2) is 7.52. The van der Waals surface area contributed by atoms with Crippen molar-refractivity contribution in [2.24, 2.45) is 11.7 Å². The van der Waals surface area contributed by atoms with E-state index in [-0.39, 0.29) is 11.4 Å². The van der Waals surface area contributed by atoms with Gasteiger partial charge in [-0.05, 0) is 24.8 Å². The van der Waals surface area contributed by atoms with Crippen LogP contribution in [0.15, 0.2) is 23.4 Å². The van der Waals surface area contributed by atoms with Crippen molar-refractivity contribution in [2.45, 2.75) is 17.7 Å². The molecule has 1 fully saturated rings. The number of pyridine rings is 1. The minimum Gasteiger partial charge on any atom is -0.381 e. The molecule has 1 aliphatic rings. The first-order valence-corrected chi connectivity index (χ1v) is 8.31. The quantitative estimate of drug-likeness (QED) is 0.769. The Morgan fingerprint density at radius 2 is 2.14 bits per heavy atom. The number of nitrogens with two attached hydrogens (primary N) is 1. The molecule has 21 heavy (non-hydrogen) atoms. The van der Waals surface area contributed by atoms with Gasteiger partial charge in [-0.15, -0.1) is 0 Å². The molecule has 0 aliphatic carbocycles. The fraction of sp³-hybridized carbons (Fsp3) is 0.500. The van der Waals surface area contributed by atoms with Crippen LogP contribution < -0.4 is 10.5 Å². The van der Waals surface area contributed by atoms with E-state index in [1.807, 2.05) is 0 Å². The lowest BCUT2D eigenvalue weighted by Gasteiger charge is -2.22. The van der Waals surface area contributed by atoms with Gasteiger partial charge in [0.2, 0.25) is 10.0 Å². The maximum atomic E-state index is 12.2. The molecule has 1 saturated heterocycles. The molecule has 3 N–H and O–H groups in total. The first kappa shape index (κ1) is 15.9. The van der Waals surface area contributed by atoms with Crippen molar-refractivity contribution in [3.63, 3.8) is 0 Å². The molecule has 2 heterocycles. The molecule has 0 aromatic carbocycles. The first-order chi connectivity index (χ1) is 10.1. The van der Waals surface area contributed by atoms with Crippen molar-refractivity contribution in [1.29, 1.82) is 0 Å². The summed E-state index contributed by atoms with van der Waals surface area (Å²) >= 11 is 0. The first-order valence-electron chi connectivity index (χ1n) is 6.83. The third-order valence-corrected chi connectivity index (χ3v) is 4.65. The van der Waals surface area contributed by atoms with Crippen LogP contribution in [0.25, 0.3) is 0 Å². The number of aromatic nitrogens is 1. The number of hydrogen-bond acceptors (Lipinski definition) is 5. The Kier molecular flexibility index (Phi) is 5.70. The number of sulfonamides is 1. The van der Waals surface area contributed by atoms with Crippen molar-refractivity contribution in [3.8, 4) is 11.8 Å². The van der Waals surface area contributed by atoms with Crippen molar-refractivity contribution in [2.75, 3.05) is 26.3 Å². The highest BCUT2D eigenvalue weighted by Gasteiger charge is 2.19. The maximum absolute atomic E-state index is 12.2. The zero-order chi connectivity index (χ0) is 15.1. The Morgan fingerprint density at radius 3 is 2.86 bits per heavy atom. The van der Waals surface area contributed by atoms with E-state index in [2.05, 4.69) is 21.5 Å². The van der Waals surface area contributed by atoms with Crippen molar-refractivity contribution in [1.82, 2.24) is 9.71 Å². The molecule has 7 heteroatoms. The van der Waals surface area contributed by atoms with Crippen LogP contribution in [0.3, 0.4) is 0 Å². The Labute approximate surface area is 125 Å². The van der Waals surface area contributed by atoms with E-state index in [1.165, 1.54) is 18.5 Å². The number of nitrogens with one attached hydrogen (secondary N) is 1. The zero-order valence-electron chi connectivity index (χ0n) is 11.7. The molecular weight excluding hydrogens is 290 g/mol. The molecule has 1 aromatic rings. The summed E-state index contributed by atoms with van der Waals surface area (Å²) in [7, 11) is -3.56. The van der Waals surface area contributed by atoms with E-state index in [0.29, 0.717) is 31.2 Å². The predicted molar refractivity (Wildman–Crippen MR) is 78.9 cm³/mol. The van der Waals surface area contributed by atoms with Gasteiger partial charge in [-0.25, -0.2) is 13.1 Å². The molecule has 0 spiro atoms. The van der Waals surface area contributed by atoms with Gasteiger partial charge in [-0.2, -0.15) is 0 Å². The number of ether oxygens (including phenoxy) is 1. The summed E-state index contributed by atoms with van der Waals surface area (Å²) in [5.41, 5.74) is 5.83. The van der Waals surface area contributed by atoms with Gasteiger partial charge in [0.15, 0.2) is 0 Å². The number of hydrogen-bond donors (Lipinski definition) is 2. The Morgan fingerprint density at radius 1 is 1.38 bits per heavy atom. The average molecular weight is 309 g/mol. The summed E-state index contributed by atoms with van der Waals surface area (Å²) < 4.78 is 32.4. The molecule has 0 unspecified atom stereocenters. The second-order valence-electron chi connectivity index (χ2n) is 4.82. The summed E-state index contributed by atoms with van der Waals surface area (Å²) in [4.78, 5) is 4.04. The van der Waals surface area contributed by atoms with Crippen LogP contribution in [0, 0.1) is 17.8 Å². The lowest BCUT2D eigenvalue weighted by atomic mass is 10.0. The molecule has 114 valence electrons. The monoisotopic (exact) mass is 309 g/mol. The molecule has 2 rings (SSSR count). The van der Waals surface area contributed by atoms with Gasteiger partial charge in [0.25, 0.3) is 0 Å². The summed E-state index contributed by atoms with van der Waals surface area (Å²) in [5, 5.41) is 0. The molecule has 1 aliphatic heterocycles. The maximum Gasteiger partial charge on any atom is 0.242 e. The van der Waals surface area contributed by atoms with Gasteiger partial charge in [0.1, 0.15) is 4.90 Å². The van der Waals surface area contributed by atoms with Crippen LogP contribution in [0.5, 0.6) is 0 Å². The van der Waals surface area contributed by atoms with Crippen LogP contribution in [0.1, 0.15) is 18.4 Å². The fourth-order valence-corrected chi connectivity index (χ4v) is 3.15. The van der Waals surface area contributed by atoms with Crippen LogP contribution in [-0.2, 0) is 14.8 Å². The van der Waals surface area contributed by atoms with Crippen molar-refractivity contribution in [3.05, 3.63) is 24.0 Å². The molecule has 0 amide bonds. The normalized spacial score (nSPS) is 16.2. The molecule has 0 radical (unpaired) electrons. The van der Waals surface area contributed by atoms with Gasteiger partial charge in [0, 0.05) is 37.7 Å². The number of nitrogens with zero attached hydrogens (tertiary/aromatic N) is 1. The minimum absolute atomic E-state index is 0.124. The van der Waals surface area contributed by atoms with Crippen LogP contribution in [0.2, 0.25) is 0 Å². The molecule has 0 atom stereocenters. The molecule has 0 bridgehead atoms. The zero-order valence-corrected chi connectivity index (χ0v) is 12.5. The van der Waals surface area contributed by atoms with E-state index in [1.54, 1.807) is 0 Å². The third-order valence-electron chi connectivity index (χ3n) is 3.26. The van der Waals surface area contributed by atoms with Gasteiger partial charge >= 0.3 is 0 Å². The van der Waals surface area contributed by atoms with E-state index < -0.39 is 10.0 Å². The third kappa shape index (κ3) is 4.79. The Bertz CT molecular complexity index is 628. The Balaban J connectivity index is 2.04. The minimum atomic E-state index is -3.56. The highest BCUT2D eigenvalue weighted by atomic mass is 32.2. The largest absolute Gasteiger partial charge is 0.381 e. The number of rotatable bonds is 4. The SMILES string of the molecule is NCC#Cc1cncc(S(=O)(=O)NCC2CCOCC2)c1. The van der Waals surface area contributed by atoms with E-state index in [9.17, 15) is 8.42 Å². The van der Waals surface area contributed by atoms with Gasteiger partial charge in [-0.1, -0.05) is 11.8 Å². The highest BCUT2D eigenvalue weighted by molar-refractivity contribution is 7.89. The second-order valence-corrected chi connectivity index (χ2v) is 6.59. The molecule has 1 aromatic heterocycles. The fourth-order valence-electron chi connectivity index (χ4n) is 2.05. The lowest BCUT2D eigenvalue weighted by molar-refractivity contribution is 0.0678. The van der Waals surface area contributed by atoms with E-state index in [4.69, 9.17) is 10.5 Å². The van der Waals surface area contributed by atoms with Crippen molar-refractivity contribution < 1.29 is 13.2 Å². The van der Waals surface area contributed by atoms with Crippen molar-refractivity contribution >= 4 is 10.0 Å². The summed E-state index contributed by atoms with van der Waals surface area (Å²) in [5.74, 6) is 5.77. The molecule has 6 nitrogen and oxygen atoms in total. The lowest BCUT2D eigenvalue weighted by Crippen LogP contribution is -2.32. The van der Waals surface area contributed by atoms with E-state index >= 15 is 0 Å². The van der Waals surface area contributed by atoms with Gasteiger partial charge in [-0.3, -0.25) is 4.98 Å². The summed E-state index contributed by atoms with van der Waals surface area (Å²) in [6.07, 6.45) is 4.59. The smallest absolute Gasteiger partial charge is 0.242 e. The van der Waals surface area contributed by atoms with Gasteiger partial charge < -0.3 is 10.5 Å². The summed E-state index contributed by atoms with van der Waals surface area (Å²) in [6.45, 7) is 2.03. The topological polar surface area (TPSA) is 94.3 Å².